The molecule has 1 aliphatic rings. The Morgan fingerprint density at radius 3 is 2.65 bits per heavy atom. The van der Waals surface area contributed by atoms with Crippen LogP contribution in [-0.4, -0.2) is 45.4 Å². The highest BCUT2D eigenvalue weighted by Crippen LogP contribution is 2.39. The average Bonchev–Trinajstić information content (AvgIpc) is 3.58. The predicted molar refractivity (Wildman–Crippen MR) is 124 cm³/mol. The largest absolute Gasteiger partial charge is 0.508 e. The first-order chi connectivity index (χ1) is 16.5. The number of aromatic nitrogens is 1. The van der Waals surface area contributed by atoms with E-state index in [1.807, 2.05) is 24.4 Å². The molecule has 0 spiro atoms. The van der Waals surface area contributed by atoms with E-state index in [2.05, 4.69) is 4.98 Å². The van der Waals surface area contributed by atoms with Gasteiger partial charge in [-0.2, -0.15) is 0 Å². The lowest BCUT2D eigenvalue weighted by Crippen LogP contribution is -2.33. The summed E-state index contributed by atoms with van der Waals surface area (Å²) >= 11 is 0. The lowest BCUT2D eigenvalue weighted by molar-refractivity contribution is -0.129. The number of ether oxygens (including phenoxy) is 1. The van der Waals surface area contributed by atoms with Crippen molar-refractivity contribution in [3.8, 4) is 11.5 Å². The molecule has 0 aliphatic carbocycles. The number of benzene rings is 2. The first-order valence-electron chi connectivity index (χ1n) is 10.7. The van der Waals surface area contributed by atoms with Crippen molar-refractivity contribution in [2.45, 2.75) is 12.5 Å². The van der Waals surface area contributed by atoms with Gasteiger partial charge in [-0.15, -0.1) is 0 Å². The summed E-state index contributed by atoms with van der Waals surface area (Å²) in [6, 6.07) is 14.2. The number of aliphatic hydroxyl groups excluding tert-OH is 1. The Hall–Kier alpha value is -4.46. The quantitative estimate of drug-likeness (QED) is 0.356. The third-order valence-corrected chi connectivity index (χ3v) is 6.10. The SMILES string of the molecule is COc1ccc2[nH]cc(CCN3C(=O)C(O)=C(C(=O)c4ccco4)[C@H]3c3ccc(O)cc3)c2c1. The number of carbonyl (C=O) groups excluding carboxylic acids is 2. The van der Waals surface area contributed by atoms with Gasteiger partial charge in [-0.25, -0.2) is 0 Å². The number of aromatic hydroxyl groups is 1. The van der Waals surface area contributed by atoms with E-state index in [0.29, 0.717) is 12.0 Å². The van der Waals surface area contributed by atoms with Gasteiger partial charge in [0.1, 0.15) is 11.5 Å². The zero-order valence-corrected chi connectivity index (χ0v) is 18.3. The summed E-state index contributed by atoms with van der Waals surface area (Å²) in [4.78, 5) is 31.0. The first kappa shape index (κ1) is 21.4. The van der Waals surface area contributed by atoms with Gasteiger partial charge in [0.2, 0.25) is 5.78 Å². The molecule has 0 fully saturated rings. The molecule has 2 aromatic carbocycles. The second kappa shape index (κ2) is 8.47. The molecule has 1 atom stereocenters. The first-order valence-corrected chi connectivity index (χ1v) is 10.7. The number of phenols is 1. The Labute approximate surface area is 194 Å². The topological polar surface area (TPSA) is 116 Å². The number of methoxy groups -OCH3 is 1. The van der Waals surface area contributed by atoms with E-state index in [9.17, 15) is 19.8 Å². The number of furan rings is 1. The fraction of sp³-hybridized carbons (Fsp3) is 0.154. The van der Waals surface area contributed by atoms with Crippen LogP contribution in [0.5, 0.6) is 11.5 Å². The van der Waals surface area contributed by atoms with Crippen LogP contribution in [0.1, 0.15) is 27.7 Å². The van der Waals surface area contributed by atoms with E-state index in [4.69, 9.17) is 9.15 Å². The van der Waals surface area contributed by atoms with E-state index in [1.165, 1.54) is 29.4 Å². The van der Waals surface area contributed by atoms with Crippen LogP contribution in [0.3, 0.4) is 0 Å². The maximum Gasteiger partial charge on any atom is 0.290 e. The number of aliphatic hydroxyl groups is 1. The number of amides is 1. The molecule has 3 heterocycles. The molecule has 8 nitrogen and oxygen atoms in total. The Morgan fingerprint density at radius 2 is 1.94 bits per heavy atom. The molecule has 5 rings (SSSR count). The molecule has 1 amide bonds. The average molecular weight is 458 g/mol. The molecular weight excluding hydrogens is 436 g/mol. The third-order valence-electron chi connectivity index (χ3n) is 6.10. The summed E-state index contributed by atoms with van der Waals surface area (Å²) in [5, 5.41) is 21.4. The van der Waals surface area contributed by atoms with E-state index in [0.717, 1.165) is 22.2 Å². The van der Waals surface area contributed by atoms with Crippen molar-refractivity contribution in [1.29, 1.82) is 0 Å². The van der Waals surface area contributed by atoms with Gasteiger partial charge >= 0.3 is 0 Å². The molecule has 0 radical (unpaired) electrons. The molecule has 2 aromatic heterocycles. The lowest BCUT2D eigenvalue weighted by Gasteiger charge is -2.26. The molecule has 4 aromatic rings. The highest BCUT2D eigenvalue weighted by molar-refractivity contribution is 6.15. The number of Topliss-reactive ketones (excluding diaryl/α,β-unsaturated/α-hetero) is 1. The van der Waals surface area contributed by atoms with E-state index < -0.39 is 23.5 Å². The number of rotatable bonds is 7. The zero-order chi connectivity index (χ0) is 23.8. The molecule has 0 unspecified atom stereocenters. The highest BCUT2D eigenvalue weighted by Gasteiger charge is 2.44. The number of hydrogen-bond donors (Lipinski definition) is 3. The van der Waals surface area contributed by atoms with Crippen molar-refractivity contribution in [2.75, 3.05) is 13.7 Å². The molecule has 1 aliphatic heterocycles. The zero-order valence-electron chi connectivity index (χ0n) is 18.3. The van der Waals surface area contributed by atoms with Crippen molar-refractivity contribution >= 4 is 22.6 Å². The van der Waals surface area contributed by atoms with Crippen LogP contribution in [0.2, 0.25) is 0 Å². The number of nitrogens with zero attached hydrogens (tertiary/aromatic N) is 1. The van der Waals surface area contributed by atoms with Crippen LogP contribution in [0, 0.1) is 0 Å². The van der Waals surface area contributed by atoms with Gasteiger partial charge in [-0.3, -0.25) is 9.59 Å². The molecule has 0 saturated carbocycles. The van der Waals surface area contributed by atoms with E-state index >= 15 is 0 Å². The Balaban J connectivity index is 1.50. The molecule has 172 valence electrons. The van der Waals surface area contributed by atoms with Crippen LogP contribution < -0.4 is 4.74 Å². The van der Waals surface area contributed by atoms with Gasteiger partial charge in [0, 0.05) is 23.6 Å². The van der Waals surface area contributed by atoms with Crippen molar-refractivity contribution in [1.82, 2.24) is 9.88 Å². The highest BCUT2D eigenvalue weighted by atomic mass is 16.5. The Kier molecular flexibility index (Phi) is 5.33. The molecular formula is C26H22N2O6. The van der Waals surface area contributed by atoms with Gasteiger partial charge in [-0.05, 0) is 60.0 Å². The summed E-state index contributed by atoms with van der Waals surface area (Å²) < 4.78 is 10.6. The number of nitrogens with one attached hydrogen (secondary N) is 1. The van der Waals surface area contributed by atoms with Gasteiger partial charge in [0.05, 0.1) is 25.0 Å². The molecule has 0 saturated heterocycles. The maximum atomic E-state index is 13.2. The summed E-state index contributed by atoms with van der Waals surface area (Å²) in [5.41, 5.74) is 2.45. The molecule has 0 bridgehead atoms. The number of ketones is 1. The number of phenolic OH excluding ortho intramolecular Hbond substituents is 1. The molecule has 8 heteroatoms. The maximum absolute atomic E-state index is 13.2. The van der Waals surface area contributed by atoms with Crippen molar-refractivity contribution in [3.05, 3.63) is 95.3 Å². The standard InChI is InChI=1S/C26H22N2O6/c1-33-18-8-9-20-19(13-18)16(14-27-20)10-11-28-23(15-4-6-17(29)7-5-15)22(25(31)26(28)32)24(30)21-3-2-12-34-21/h2-9,12-14,23,27,29,31H,10-11H2,1H3/t23-/m1/s1. The fourth-order valence-electron chi connectivity index (χ4n) is 4.39. The van der Waals surface area contributed by atoms with Crippen LogP contribution >= 0.6 is 0 Å². The summed E-state index contributed by atoms with van der Waals surface area (Å²) in [6.45, 7) is 0.244. The van der Waals surface area contributed by atoms with Crippen LogP contribution in [0.25, 0.3) is 10.9 Å². The minimum absolute atomic E-state index is 0.0312. The van der Waals surface area contributed by atoms with Crippen LogP contribution in [0.4, 0.5) is 0 Å². The van der Waals surface area contributed by atoms with E-state index in [1.54, 1.807) is 25.3 Å². The number of H-pyrrole nitrogens is 1. The number of aromatic amines is 1. The van der Waals surface area contributed by atoms with Crippen molar-refractivity contribution in [3.63, 3.8) is 0 Å². The number of hydrogen-bond acceptors (Lipinski definition) is 6. The van der Waals surface area contributed by atoms with Crippen LogP contribution in [-0.2, 0) is 11.2 Å². The Morgan fingerprint density at radius 1 is 1.15 bits per heavy atom. The minimum Gasteiger partial charge on any atom is -0.508 e. The van der Waals surface area contributed by atoms with Gasteiger partial charge in [0.15, 0.2) is 11.5 Å². The van der Waals surface area contributed by atoms with Crippen LogP contribution in [0.15, 0.2) is 82.8 Å². The molecule has 3 N–H and O–H groups in total. The Bertz CT molecular complexity index is 1400. The fourth-order valence-corrected chi connectivity index (χ4v) is 4.39. The van der Waals surface area contributed by atoms with Gasteiger partial charge < -0.3 is 29.3 Å². The monoisotopic (exact) mass is 458 g/mol. The second-order valence-corrected chi connectivity index (χ2v) is 8.04. The predicted octanol–water partition coefficient (Wildman–Crippen LogP) is 4.30. The number of carbonyl (C=O) groups is 2. The summed E-state index contributed by atoms with van der Waals surface area (Å²) in [6.07, 6.45) is 3.71. The minimum atomic E-state index is -0.828. The van der Waals surface area contributed by atoms with Gasteiger partial charge in [0.25, 0.3) is 5.91 Å². The van der Waals surface area contributed by atoms with Crippen molar-refractivity contribution < 1.29 is 29.0 Å². The smallest absolute Gasteiger partial charge is 0.290 e. The van der Waals surface area contributed by atoms with E-state index in [-0.39, 0.29) is 23.6 Å². The number of fused-ring (bicyclic) bond motifs is 1. The molecule has 34 heavy (non-hydrogen) atoms. The second-order valence-electron chi connectivity index (χ2n) is 8.04. The normalized spacial score (nSPS) is 16.0. The summed E-state index contributed by atoms with van der Waals surface area (Å²) in [7, 11) is 1.60. The lowest BCUT2D eigenvalue weighted by atomic mass is 9.95. The summed E-state index contributed by atoms with van der Waals surface area (Å²) in [5.74, 6) is -0.986. The third kappa shape index (κ3) is 3.59. The van der Waals surface area contributed by atoms with Crippen molar-refractivity contribution in [2.24, 2.45) is 0 Å². The van der Waals surface area contributed by atoms with Gasteiger partial charge in [-0.1, -0.05) is 12.1 Å².